The number of pyridine rings is 1. The normalized spacial score (nSPS) is 11.1. The molecule has 1 heterocycles. The second-order valence-corrected chi connectivity index (χ2v) is 10.00. The number of halogens is 3. The number of benzene rings is 4. The lowest BCUT2D eigenvalue weighted by Crippen LogP contribution is -2.18. The second kappa shape index (κ2) is 11.8. The van der Waals surface area contributed by atoms with Crippen LogP contribution in [0, 0.1) is 0 Å². The summed E-state index contributed by atoms with van der Waals surface area (Å²) in [5.41, 5.74) is 6.99. The molecule has 1 aromatic heterocycles. The third-order valence-electron chi connectivity index (χ3n) is 5.76. The first kappa shape index (κ1) is 25.9. The molecule has 8 heteroatoms. The van der Waals surface area contributed by atoms with Gasteiger partial charge >= 0.3 is 0 Å². The Balaban J connectivity index is 1.33. The maximum absolute atomic E-state index is 13.1. The highest BCUT2D eigenvalue weighted by Gasteiger charge is 2.14. The molecule has 188 valence electrons. The molecule has 0 fully saturated rings. The van der Waals surface area contributed by atoms with Gasteiger partial charge < -0.3 is 4.74 Å². The number of para-hydroxylation sites is 1. The lowest BCUT2D eigenvalue weighted by Gasteiger charge is -2.12. The van der Waals surface area contributed by atoms with Crippen LogP contribution in [0.1, 0.15) is 21.5 Å². The van der Waals surface area contributed by atoms with E-state index in [-0.39, 0.29) is 12.5 Å². The first-order valence-corrected chi connectivity index (χ1v) is 13.2. The van der Waals surface area contributed by atoms with Gasteiger partial charge in [-0.3, -0.25) is 4.79 Å². The second-order valence-electron chi connectivity index (χ2n) is 8.33. The summed E-state index contributed by atoms with van der Waals surface area (Å²) in [6.07, 6.45) is 1.52. The van der Waals surface area contributed by atoms with Gasteiger partial charge in [0.2, 0.25) is 0 Å². The van der Waals surface area contributed by atoms with Crippen LogP contribution in [-0.2, 0) is 6.61 Å². The fourth-order valence-corrected chi connectivity index (χ4v) is 5.08. The lowest BCUT2D eigenvalue weighted by atomic mass is 10.0. The number of aromatic nitrogens is 1. The Labute approximate surface area is 238 Å². The molecule has 1 N–H and O–H groups in total. The van der Waals surface area contributed by atoms with E-state index in [4.69, 9.17) is 32.9 Å². The minimum atomic E-state index is -0.345. The van der Waals surface area contributed by atoms with Crippen molar-refractivity contribution in [3.63, 3.8) is 0 Å². The van der Waals surface area contributed by atoms with Gasteiger partial charge in [-0.15, -0.1) is 0 Å². The quantitative estimate of drug-likeness (QED) is 0.150. The molecule has 0 aliphatic rings. The van der Waals surface area contributed by atoms with Gasteiger partial charge in [0.05, 0.1) is 32.5 Å². The average Bonchev–Trinajstić information content (AvgIpc) is 2.93. The molecule has 1 amide bonds. The number of carbonyl (C=O) groups is 1. The van der Waals surface area contributed by atoms with Crippen molar-refractivity contribution in [1.82, 2.24) is 10.4 Å². The van der Waals surface area contributed by atoms with Crippen molar-refractivity contribution in [3.8, 4) is 17.0 Å². The Kier molecular flexibility index (Phi) is 8.03. The minimum Gasteiger partial charge on any atom is -0.486 e. The molecule has 0 spiro atoms. The predicted molar refractivity (Wildman–Crippen MR) is 157 cm³/mol. The highest BCUT2D eigenvalue weighted by molar-refractivity contribution is 9.10. The van der Waals surface area contributed by atoms with Crippen molar-refractivity contribution < 1.29 is 9.53 Å². The van der Waals surface area contributed by atoms with E-state index in [2.05, 4.69) is 26.5 Å². The topological polar surface area (TPSA) is 63.6 Å². The molecule has 0 atom stereocenters. The molecule has 0 bridgehead atoms. The Morgan fingerprint density at radius 2 is 1.66 bits per heavy atom. The molecule has 0 saturated heterocycles. The first-order valence-electron chi connectivity index (χ1n) is 11.6. The largest absolute Gasteiger partial charge is 0.486 e. The number of ether oxygens (including phenoxy) is 1. The summed E-state index contributed by atoms with van der Waals surface area (Å²) in [5.74, 6) is 0.145. The molecule has 5 nitrogen and oxygen atoms in total. The SMILES string of the molecule is O=C(N/N=C/c1cc(Cl)c(OCc2ccccc2Cl)c(Br)c1)c1cc(-c2ccccc2)nc2ccccc12. The van der Waals surface area contributed by atoms with Crippen molar-refractivity contribution in [2.75, 3.05) is 0 Å². The molecule has 4 aromatic carbocycles. The first-order chi connectivity index (χ1) is 18.5. The van der Waals surface area contributed by atoms with Gasteiger partial charge in [0.1, 0.15) is 6.61 Å². The van der Waals surface area contributed by atoms with E-state index >= 15 is 0 Å². The standard InChI is InChI=1S/C30H20BrCl2N3O2/c31-24-14-19(15-26(33)29(24)38-18-21-10-4-6-12-25(21)32)17-34-36-30(37)23-16-28(20-8-2-1-3-9-20)35-27-13-7-5-11-22(23)27/h1-17H,18H2,(H,36,37)/b34-17+. The van der Waals surface area contributed by atoms with E-state index < -0.39 is 0 Å². The maximum atomic E-state index is 13.1. The highest BCUT2D eigenvalue weighted by Crippen LogP contribution is 2.35. The summed E-state index contributed by atoms with van der Waals surface area (Å²) in [7, 11) is 0. The summed E-state index contributed by atoms with van der Waals surface area (Å²) >= 11 is 16.2. The van der Waals surface area contributed by atoms with Crippen molar-refractivity contribution in [3.05, 3.63) is 128 Å². The van der Waals surface area contributed by atoms with Gasteiger partial charge in [-0.1, -0.05) is 89.9 Å². The number of nitrogens with one attached hydrogen (secondary N) is 1. The number of nitrogens with zero attached hydrogens (tertiary/aromatic N) is 2. The Hall–Kier alpha value is -3.71. The monoisotopic (exact) mass is 603 g/mol. The molecule has 5 rings (SSSR count). The Morgan fingerprint density at radius 1 is 0.921 bits per heavy atom. The zero-order valence-electron chi connectivity index (χ0n) is 19.9. The van der Waals surface area contributed by atoms with Crippen LogP contribution in [0.3, 0.4) is 0 Å². The molecule has 0 saturated carbocycles. The number of hydrogen-bond acceptors (Lipinski definition) is 4. The van der Waals surface area contributed by atoms with E-state index in [1.165, 1.54) is 6.21 Å². The fourth-order valence-electron chi connectivity index (χ4n) is 3.90. The van der Waals surface area contributed by atoms with E-state index in [0.29, 0.717) is 37.1 Å². The number of hydrazone groups is 1. The van der Waals surface area contributed by atoms with Crippen LogP contribution in [0.2, 0.25) is 10.0 Å². The summed E-state index contributed by atoms with van der Waals surface area (Å²) in [6.45, 7) is 0.270. The van der Waals surface area contributed by atoms with Crippen LogP contribution in [0.5, 0.6) is 5.75 Å². The van der Waals surface area contributed by atoms with E-state index in [0.717, 1.165) is 22.0 Å². The van der Waals surface area contributed by atoms with Crippen LogP contribution >= 0.6 is 39.1 Å². The van der Waals surface area contributed by atoms with Crippen LogP contribution < -0.4 is 10.2 Å². The van der Waals surface area contributed by atoms with Gasteiger partial charge in [0, 0.05) is 21.5 Å². The molecule has 38 heavy (non-hydrogen) atoms. The van der Waals surface area contributed by atoms with Crippen molar-refractivity contribution in [2.24, 2.45) is 5.10 Å². The van der Waals surface area contributed by atoms with Crippen molar-refractivity contribution in [2.45, 2.75) is 6.61 Å². The molecular weight excluding hydrogens is 585 g/mol. The average molecular weight is 605 g/mol. The number of fused-ring (bicyclic) bond motifs is 1. The Bertz CT molecular complexity index is 1640. The Morgan fingerprint density at radius 3 is 2.45 bits per heavy atom. The summed E-state index contributed by atoms with van der Waals surface area (Å²) in [6, 6.07) is 30.0. The van der Waals surface area contributed by atoms with E-state index in [9.17, 15) is 4.79 Å². The minimum absolute atomic E-state index is 0.270. The van der Waals surface area contributed by atoms with Gasteiger partial charge in [0.15, 0.2) is 5.75 Å². The molecule has 0 unspecified atom stereocenters. The zero-order chi connectivity index (χ0) is 26.5. The third kappa shape index (κ3) is 5.89. The number of hydrogen-bond donors (Lipinski definition) is 1. The molecular formula is C30H20BrCl2N3O2. The number of amides is 1. The van der Waals surface area contributed by atoms with Gasteiger partial charge in [-0.25, -0.2) is 10.4 Å². The van der Waals surface area contributed by atoms with Crippen LogP contribution in [0.4, 0.5) is 0 Å². The summed E-state index contributed by atoms with van der Waals surface area (Å²) in [4.78, 5) is 17.9. The molecule has 0 aliphatic heterocycles. The van der Waals surface area contributed by atoms with Gasteiger partial charge in [0.25, 0.3) is 5.91 Å². The van der Waals surface area contributed by atoms with Crippen LogP contribution in [0.15, 0.2) is 107 Å². The lowest BCUT2D eigenvalue weighted by molar-refractivity contribution is 0.0956. The molecule has 0 aliphatic carbocycles. The van der Waals surface area contributed by atoms with E-state index in [1.54, 1.807) is 18.2 Å². The molecule has 0 radical (unpaired) electrons. The molecule has 5 aromatic rings. The fraction of sp³-hybridized carbons (Fsp3) is 0.0333. The maximum Gasteiger partial charge on any atom is 0.272 e. The van der Waals surface area contributed by atoms with Crippen LogP contribution in [-0.4, -0.2) is 17.1 Å². The predicted octanol–water partition coefficient (Wildman–Crippen LogP) is 8.31. The summed E-state index contributed by atoms with van der Waals surface area (Å²) < 4.78 is 6.55. The number of carbonyl (C=O) groups excluding carboxylic acids is 1. The number of rotatable bonds is 7. The third-order valence-corrected chi connectivity index (χ3v) is 7.00. The van der Waals surface area contributed by atoms with Crippen molar-refractivity contribution >= 4 is 62.2 Å². The van der Waals surface area contributed by atoms with Gasteiger partial charge in [-0.05, 0) is 51.8 Å². The smallest absolute Gasteiger partial charge is 0.272 e. The van der Waals surface area contributed by atoms with Crippen LogP contribution in [0.25, 0.3) is 22.2 Å². The zero-order valence-corrected chi connectivity index (χ0v) is 23.0. The van der Waals surface area contributed by atoms with E-state index in [1.807, 2.05) is 78.9 Å². The summed E-state index contributed by atoms with van der Waals surface area (Å²) in [5, 5.41) is 5.92. The van der Waals surface area contributed by atoms with Crippen molar-refractivity contribution in [1.29, 1.82) is 0 Å². The van der Waals surface area contributed by atoms with Gasteiger partial charge in [-0.2, -0.15) is 5.10 Å². The highest BCUT2D eigenvalue weighted by atomic mass is 79.9.